The van der Waals surface area contributed by atoms with Crippen molar-refractivity contribution in [3.8, 4) is 0 Å². The van der Waals surface area contributed by atoms with Crippen molar-refractivity contribution in [3.05, 3.63) is 30.1 Å². The third kappa shape index (κ3) is 2.82. The molecule has 24 heavy (non-hydrogen) atoms. The van der Waals surface area contributed by atoms with E-state index >= 15 is 0 Å². The maximum Gasteiger partial charge on any atom is 0.326 e. The van der Waals surface area contributed by atoms with E-state index in [-0.39, 0.29) is 0 Å². The van der Waals surface area contributed by atoms with E-state index in [1.54, 1.807) is 0 Å². The molecule has 1 atom stereocenters. The van der Waals surface area contributed by atoms with Gasteiger partial charge in [-0.05, 0) is 50.9 Å². The van der Waals surface area contributed by atoms with E-state index < -0.39 is 12.0 Å². The minimum atomic E-state index is -0.767. The van der Waals surface area contributed by atoms with Crippen LogP contribution < -0.4 is 4.90 Å². The number of hydrogen-bond acceptors (Lipinski definition) is 5. The molecule has 2 aliphatic heterocycles. The van der Waals surface area contributed by atoms with Crippen LogP contribution >= 0.6 is 0 Å². The highest BCUT2D eigenvalue weighted by molar-refractivity contribution is 5.92. The van der Waals surface area contributed by atoms with Crippen LogP contribution in [0.4, 0.5) is 5.82 Å². The standard InChI is InChI=1S/C18H22N4O2/c23-18(24)15-8-5-11-22(15)17-13-6-1-2-7-14(13)19-16(20-17)12-21-9-3-4-10-21/h1-2,6-7,15H,3-5,8-12H2,(H,23,24). The smallest absolute Gasteiger partial charge is 0.326 e. The molecule has 6 heteroatoms. The molecule has 1 aromatic heterocycles. The highest BCUT2D eigenvalue weighted by Crippen LogP contribution is 2.30. The van der Waals surface area contributed by atoms with Crippen LogP contribution in [0.3, 0.4) is 0 Å². The fraction of sp³-hybridized carbons (Fsp3) is 0.500. The first-order valence-electron chi connectivity index (χ1n) is 8.70. The molecule has 0 aliphatic carbocycles. The minimum Gasteiger partial charge on any atom is -0.480 e. The third-order valence-electron chi connectivity index (χ3n) is 5.00. The van der Waals surface area contributed by atoms with Crippen LogP contribution in [0.2, 0.25) is 0 Å². The number of likely N-dealkylation sites (tertiary alicyclic amines) is 1. The van der Waals surface area contributed by atoms with Crippen molar-refractivity contribution in [3.63, 3.8) is 0 Å². The number of anilines is 1. The van der Waals surface area contributed by atoms with Gasteiger partial charge in [0.05, 0.1) is 12.1 Å². The van der Waals surface area contributed by atoms with Crippen molar-refractivity contribution >= 4 is 22.7 Å². The van der Waals surface area contributed by atoms with Gasteiger partial charge in [0.1, 0.15) is 17.7 Å². The summed E-state index contributed by atoms with van der Waals surface area (Å²) >= 11 is 0. The molecule has 2 aliphatic rings. The van der Waals surface area contributed by atoms with E-state index in [9.17, 15) is 9.90 Å². The number of carboxylic acid groups (broad SMARTS) is 1. The first-order chi connectivity index (χ1) is 11.7. The number of aliphatic carboxylic acids is 1. The van der Waals surface area contributed by atoms with Crippen molar-refractivity contribution in [2.24, 2.45) is 0 Å². The van der Waals surface area contributed by atoms with Crippen molar-refractivity contribution < 1.29 is 9.90 Å². The first-order valence-corrected chi connectivity index (χ1v) is 8.70. The number of fused-ring (bicyclic) bond motifs is 1. The lowest BCUT2D eigenvalue weighted by Gasteiger charge is -2.25. The van der Waals surface area contributed by atoms with Crippen LogP contribution in [0.5, 0.6) is 0 Å². The van der Waals surface area contributed by atoms with E-state index in [0.717, 1.165) is 55.1 Å². The van der Waals surface area contributed by atoms with Crippen LogP contribution in [0.25, 0.3) is 10.9 Å². The maximum atomic E-state index is 11.6. The second-order valence-corrected chi connectivity index (χ2v) is 6.65. The highest BCUT2D eigenvalue weighted by atomic mass is 16.4. The zero-order valence-electron chi connectivity index (χ0n) is 13.7. The van der Waals surface area contributed by atoms with Gasteiger partial charge in [-0.3, -0.25) is 4.90 Å². The molecule has 2 fully saturated rings. The lowest BCUT2D eigenvalue weighted by atomic mass is 10.2. The molecule has 1 N–H and O–H groups in total. The molecule has 3 heterocycles. The van der Waals surface area contributed by atoms with Gasteiger partial charge < -0.3 is 10.0 Å². The topological polar surface area (TPSA) is 69.6 Å². The summed E-state index contributed by atoms with van der Waals surface area (Å²) in [6.45, 7) is 3.66. The number of carbonyl (C=O) groups is 1. The molecule has 0 spiro atoms. The van der Waals surface area contributed by atoms with Crippen molar-refractivity contribution in [2.75, 3.05) is 24.5 Å². The number of carboxylic acids is 1. The van der Waals surface area contributed by atoms with Gasteiger partial charge in [-0.2, -0.15) is 0 Å². The van der Waals surface area contributed by atoms with Crippen LogP contribution in [0.1, 0.15) is 31.5 Å². The van der Waals surface area contributed by atoms with Crippen LogP contribution in [0.15, 0.2) is 24.3 Å². The Morgan fingerprint density at radius 1 is 1.12 bits per heavy atom. The van der Waals surface area contributed by atoms with Gasteiger partial charge >= 0.3 is 5.97 Å². The summed E-state index contributed by atoms with van der Waals surface area (Å²) in [6, 6.07) is 7.42. The van der Waals surface area contributed by atoms with Crippen LogP contribution in [-0.2, 0) is 11.3 Å². The Kier molecular flexibility index (Phi) is 4.06. The lowest BCUT2D eigenvalue weighted by molar-refractivity contribution is -0.138. The molecule has 126 valence electrons. The van der Waals surface area contributed by atoms with Gasteiger partial charge in [-0.15, -0.1) is 0 Å². The largest absolute Gasteiger partial charge is 0.480 e. The average molecular weight is 326 g/mol. The van der Waals surface area contributed by atoms with E-state index in [1.807, 2.05) is 29.2 Å². The molecule has 0 radical (unpaired) electrons. The molecule has 2 saturated heterocycles. The van der Waals surface area contributed by atoms with E-state index in [2.05, 4.69) is 4.90 Å². The van der Waals surface area contributed by atoms with E-state index in [1.165, 1.54) is 12.8 Å². The quantitative estimate of drug-likeness (QED) is 0.929. The van der Waals surface area contributed by atoms with E-state index in [0.29, 0.717) is 6.42 Å². The summed E-state index contributed by atoms with van der Waals surface area (Å²) < 4.78 is 0. The van der Waals surface area contributed by atoms with Crippen molar-refractivity contribution in [1.82, 2.24) is 14.9 Å². The molecular weight excluding hydrogens is 304 g/mol. The summed E-state index contributed by atoms with van der Waals surface area (Å²) in [5, 5.41) is 10.5. The van der Waals surface area contributed by atoms with Gasteiger partial charge in [0.15, 0.2) is 0 Å². The SMILES string of the molecule is O=C(O)C1CCCN1c1nc(CN2CCCC2)nc2ccccc12. The van der Waals surface area contributed by atoms with Gasteiger partial charge in [0, 0.05) is 11.9 Å². The fourth-order valence-corrected chi connectivity index (χ4v) is 3.81. The number of aromatic nitrogens is 2. The Labute approximate surface area is 141 Å². The van der Waals surface area contributed by atoms with Gasteiger partial charge in [-0.1, -0.05) is 12.1 Å². The predicted molar refractivity (Wildman–Crippen MR) is 92.1 cm³/mol. The Bertz CT molecular complexity index is 758. The Hall–Kier alpha value is -2.21. The minimum absolute atomic E-state index is 0.483. The maximum absolute atomic E-state index is 11.6. The summed E-state index contributed by atoms with van der Waals surface area (Å²) in [5.74, 6) is 0.803. The number of rotatable bonds is 4. The Balaban J connectivity index is 1.75. The average Bonchev–Trinajstić information content (AvgIpc) is 3.25. The number of para-hydroxylation sites is 1. The predicted octanol–water partition coefficient (Wildman–Crippen LogP) is 2.28. The molecule has 4 rings (SSSR count). The first kappa shape index (κ1) is 15.3. The van der Waals surface area contributed by atoms with E-state index in [4.69, 9.17) is 9.97 Å². The van der Waals surface area contributed by atoms with Gasteiger partial charge in [0.2, 0.25) is 0 Å². The molecule has 0 saturated carbocycles. The fourth-order valence-electron chi connectivity index (χ4n) is 3.81. The summed E-state index contributed by atoms with van der Waals surface area (Å²) in [4.78, 5) is 25.4. The highest BCUT2D eigenvalue weighted by Gasteiger charge is 2.32. The summed E-state index contributed by atoms with van der Waals surface area (Å²) in [7, 11) is 0. The number of hydrogen-bond donors (Lipinski definition) is 1. The molecule has 1 aromatic carbocycles. The number of nitrogens with zero attached hydrogens (tertiary/aromatic N) is 4. The lowest BCUT2D eigenvalue weighted by Crippen LogP contribution is -2.37. The van der Waals surface area contributed by atoms with Crippen molar-refractivity contribution in [1.29, 1.82) is 0 Å². The molecule has 2 aromatic rings. The normalized spacial score (nSPS) is 21.7. The van der Waals surface area contributed by atoms with Crippen molar-refractivity contribution in [2.45, 2.75) is 38.3 Å². The zero-order chi connectivity index (χ0) is 16.5. The molecule has 6 nitrogen and oxygen atoms in total. The molecule has 0 bridgehead atoms. The Morgan fingerprint density at radius 3 is 2.71 bits per heavy atom. The molecular formula is C18H22N4O2. The molecule has 1 unspecified atom stereocenters. The zero-order valence-corrected chi connectivity index (χ0v) is 13.7. The second kappa shape index (κ2) is 6.36. The van der Waals surface area contributed by atoms with Crippen LogP contribution in [0, 0.1) is 0 Å². The molecule has 0 amide bonds. The van der Waals surface area contributed by atoms with Gasteiger partial charge in [-0.25, -0.2) is 14.8 Å². The number of benzene rings is 1. The monoisotopic (exact) mass is 326 g/mol. The Morgan fingerprint density at radius 2 is 1.92 bits per heavy atom. The second-order valence-electron chi connectivity index (χ2n) is 6.65. The van der Waals surface area contributed by atoms with Crippen LogP contribution in [-0.4, -0.2) is 51.6 Å². The summed E-state index contributed by atoms with van der Waals surface area (Å²) in [6.07, 6.45) is 4.02. The third-order valence-corrected chi connectivity index (χ3v) is 5.00. The van der Waals surface area contributed by atoms with Gasteiger partial charge in [0.25, 0.3) is 0 Å². The summed E-state index contributed by atoms with van der Waals surface area (Å²) in [5.41, 5.74) is 0.896.